The van der Waals surface area contributed by atoms with Gasteiger partial charge in [-0.05, 0) is 50.4 Å². The van der Waals surface area contributed by atoms with Gasteiger partial charge in [0.15, 0.2) is 0 Å². The van der Waals surface area contributed by atoms with Crippen LogP contribution in [-0.4, -0.2) is 19.6 Å². The molecule has 1 aromatic rings. The topological polar surface area (TPSA) is 15.3 Å². The Morgan fingerprint density at radius 1 is 1.11 bits per heavy atom. The number of nitrogens with zero attached hydrogens (tertiary/aromatic N) is 1. The molecule has 0 heterocycles. The van der Waals surface area contributed by atoms with Crippen molar-refractivity contribution in [1.82, 2.24) is 5.32 Å². The molecule has 1 aliphatic rings. The first-order valence-electron chi connectivity index (χ1n) is 7.38. The first kappa shape index (κ1) is 13.4. The number of nitrogens with one attached hydrogen (secondary N) is 1. The van der Waals surface area contributed by atoms with E-state index in [0.717, 1.165) is 25.6 Å². The number of rotatable bonds is 8. The van der Waals surface area contributed by atoms with Crippen LogP contribution in [0, 0.1) is 5.92 Å². The maximum Gasteiger partial charge on any atom is 0.0366 e. The van der Waals surface area contributed by atoms with E-state index in [-0.39, 0.29) is 0 Å². The molecule has 2 rings (SSSR count). The smallest absolute Gasteiger partial charge is 0.0366 e. The predicted molar refractivity (Wildman–Crippen MR) is 79.1 cm³/mol. The Labute approximate surface area is 111 Å². The van der Waals surface area contributed by atoms with Crippen molar-refractivity contribution in [3.63, 3.8) is 0 Å². The van der Waals surface area contributed by atoms with E-state index in [2.05, 4.69) is 48.3 Å². The van der Waals surface area contributed by atoms with E-state index in [4.69, 9.17) is 0 Å². The van der Waals surface area contributed by atoms with E-state index in [1.807, 2.05) is 0 Å². The van der Waals surface area contributed by atoms with E-state index in [1.165, 1.54) is 37.1 Å². The van der Waals surface area contributed by atoms with Gasteiger partial charge in [-0.15, -0.1) is 0 Å². The van der Waals surface area contributed by atoms with Gasteiger partial charge < -0.3 is 10.2 Å². The fraction of sp³-hybridized carbons (Fsp3) is 0.625. The summed E-state index contributed by atoms with van der Waals surface area (Å²) in [7, 11) is 0. The number of hydrogen-bond acceptors (Lipinski definition) is 2. The maximum absolute atomic E-state index is 3.54. The van der Waals surface area contributed by atoms with Crippen molar-refractivity contribution in [2.24, 2.45) is 5.92 Å². The van der Waals surface area contributed by atoms with Gasteiger partial charge in [-0.1, -0.05) is 25.0 Å². The summed E-state index contributed by atoms with van der Waals surface area (Å²) in [5.74, 6) is 1.03. The maximum atomic E-state index is 3.54. The Morgan fingerprint density at radius 2 is 1.78 bits per heavy atom. The van der Waals surface area contributed by atoms with Crippen molar-refractivity contribution < 1.29 is 0 Å². The monoisotopic (exact) mass is 246 g/mol. The van der Waals surface area contributed by atoms with Gasteiger partial charge in [-0.2, -0.15) is 0 Å². The summed E-state index contributed by atoms with van der Waals surface area (Å²) in [6.07, 6.45) is 4.28. The zero-order valence-corrected chi connectivity index (χ0v) is 11.8. The highest BCUT2D eigenvalue weighted by atomic mass is 15.1. The molecule has 0 aliphatic heterocycles. The molecule has 0 aromatic heterocycles. The molecule has 0 unspecified atom stereocenters. The van der Waals surface area contributed by atoms with Crippen molar-refractivity contribution >= 4 is 5.69 Å². The highest BCUT2D eigenvalue weighted by Gasteiger charge is 2.19. The first-order chi connectivity index (χ1) is 8.83. The van der Waals surface area contributed by atoms with Crippen LogP contribution in [0.1, 0.15) is 38.7 Å². The summed E-state index contributed by atoms with van der Waals surface area (Å²) >= 11 is 0. The van der Waals surface area contributed by atoms with Gasteiger partial charge in [0.1, 0.15) is 0 Å². The Balaban J connectivity index is 1.75. The largest absolute Gasteiger partial charge is 0.372 e. The van der Waals surface area contributed by atoms with Crippen molar-refractivity contribution in [2.75, 3.05) is 24.5 Å². The Bertz CT molecular complexity index is 337. The summed E-state index contributed by atoms with van der Waals surface area (Å²) in [5, 5.41) is 3.54. The minimum atomic E-state index is 1.01. The van der Waals surface area contributed by atoms with Crippen LogP contribution in [0.2, 0.25) is 0 Å². The highest BCUT2D eigenvalue weighted by Crippen LogP contribution is 2.31. The van der Waals surface area contributed by atoms with Crippen LogP contribution >= 0.6 is 0 Å². The molecule has 1 aromatic carbocycles. The van der Waals surface area contributed by atoms with Gasteiger partial charge >= 0.3 is 0 Å². The van der Waals surface area contributed by atoms with Gasteiger partial charge in [0.2, 0.25) is 0 Å². The van der Waals surface area contributed by atoms with Crippen LogP contribution in [0.5, 0.6) is 0 Å². The SMILES string of the molecule is CCN(CC)c1ccc(CNCCC2CC2)cc1. The lowest BCUT2D eigenvalue weighted by Crippen LogP contribution is -2.21. The standard InChI is InChI=1S/C16H26N2/c1-3-18(4-2)16-9-7-15(8-10-16)13-17-12-11-14-5-6-14/h7-10,14,17H,3-6,11-13H2,1-2H3. The van der Waals surface area contributed by atoms with E-state index in [9.17, 15) is 0 Å². The minimum Gasteiger partial charge on any atom is -0.372 e. The molecular weight excluding hydrogens is 220 g/mol. The summed E-state index contributed by atoms with van der Waals surface area (Å²) in [6.45, 7) is 8.74. The van der Waals surface area contributed by atoms with Crippen LogP contribution in [0.4, 0.5) is 5.69 Å². The molecule has 0 bridgehead atoms. The lowest BCUT2D eigenvalue weighted by molar-refractivity contribution is 0.613. The number of benzene rings is 1. The summed E-state index contributed by atoms with van der Waals surface area (Å²) < 4.78 is 0. The Kier molecular flexibility index (Phi) is 5.06. The zero-order chi connectivity index (χ0) is 12.8. The fourth-order valence-corrected chi connectivity index (χ4v) is 2.36. The third-order valence-electron chi connectivity index (χ3n) is 3.82. The van der Waals surface area contributed by atoms with Gasteiger partial charge in [-0.3, -0.25) is 0 Å². The average molecular weight is 246 g/mol. The second-order valence-electron chi connectivity index (χ2n) is 5.25. The van der Waals surface area contributed by atoms with Crippen LogP contribution in [0.3, 0.4) is 0 Å². The normalized spacial score (nSPS) is 14.8. The molecule has 0 spiro atoms. The number of anilines is 1. The summed E-state index contributed by atoms with van der Waals surface area (Å²) in [6, 6.07) is 8.98. The molecule has 100 valence electrons. The summed E-state index contributed by atoms with van der Waals surface area (Å²) in [5.41, 5.74) is 2.73. The average Bonchev–Trinajstić information content (AvgIpc) is 3.22. The minimum absolute atomic E-state index is 1.01. The molecule has 2 heteroatoms. The fourth-order valence-electron chi connectivity index (χ4n) is 2.36. The van der Waals surface area contributed by atoms with Gasteiger partial charge in [-0.25, -0.2) is 0 Å². The predicted octanol–water partition coefficient (Wildman–Crippen LogP) is 3.42. The van der Waals surface area contributed by atoms with Crippen molar-refractivity contribution in [1.29, 1.82) is 0 Å². The molecule has 0 amide bonds. The van der Waals surface area contributed by atoms with E-state index < -0.39 is 0 Å². The molecule has 0 saturated heterocycles. The highest BCUT2D eigenvalue weighted by molar-refractivity contribution is 5.47. The van der Waals surface area contributed by atoms with Crippen LogP contribution in [0.15, 0.2) is 24.3 Å². The molecule has 1 N–H and O–H groups in total. The lowest BCUT2D eigenvalue weighted by atomic mass is 10.2. The Hall–Kier alpha value is -1.02. The van der Waals surface area contributed by atoms with Crippen molar-refractivity contribution in [3.8, 4) is 0 Å². The van der Waals surface area contributed by atoms with E-state index >= 15 is 0 Å². The third-order valence-corrected chi connectivity index (χ3v) is 3.82. The van der Waals surface area contributed by atoms with Gasteiger partial charge in [0, 0.05) is 25.3 Å². The van der Waals surface area contributed by atoms with E-state index in [1.54, 1.807) is 0 Å². The van der Waals surface area contributed by atoms with Gasteiger partial charge in [0.05, 0.1) is 0 Å². The lowest BCUT2D eigenvalue weighted by Gasteiger charge is -2.21. The van der Waals surface area contributed by atoms with E-state index in [0.29, 0.717) is 0 Å². The van der Waals surface area contributed by atoms with Crippen molar-refractivity contribution in [3.05, 3.63) is 29.8 Å². The zero-order valence-electron chi connectivity index (χ0n) is 11.8. The molecular formula is C16H26N2. The van der Waals surface area contributed by atoms with Crippen LogP contribution in [-0.2, 0) is 6.54 Å². The van der Waals surface area contributed by atoms with Gasteiger partial charge in [0.25, 0.3) is 0 Å². The molecule has 1 aliphatic carbocycles. The Morgan fingerprint density at radius 3 is 2.33 bits per heavy atom. The molecule has 0 atom stereocenters. The number of hydrogen-bond donors (Lipinski definition) is 1. The molecule has 1 saturated carbocycles. The third kappa shape index (κ3) is 4.02. The van der Waals surface area contributed by atoms with Crippen LogP contribution in [0.25, 0.3) is 0 Å². The first-order valence-corrected chi connectivity index (χ1v) is 7.38. The molecule has 0 radical (unpaired) electrons. The molecule has 18 heavy (non-hydrogen) atoms. The molecule has 2 nitrogen and oxygen atoms in total. The molecule has 1 fully saturated rings. The quantitative estimate of drug-likeness (QED) is 0.707. The summed E-state index contributed by atoms with van der Waals surface area (Å²) in [4.78, 5) is 2.38. The van der Waals surface area contributed by atoms with Crippen LogP contribution < -0.4 is 10.2 Å². The van der Waals surface area contributed by atoms with Crippen molar-refractivity contribution in [2.45, 2.75) is 39.7 Å². The second kappa shape index (κ2) is 6.79. The second-order valence-corrected chi connectivity index (χ2v) is 5.25.